The van der Waals surface area contributed by atoms with Crippen molar-refractivity contribution < 1.29 is 14.3 Å². The van der Waals surface area contributed by atoms with Crippen LogP contribution in [0.4, 0.5) is 0 Å². The average molecular weight is 533 g/mol. The lowest BCUT2D eigenvalue weighted by Crippen LogP contribution is -2.52. The van der Waals surface area contributed by atoms with Gasteiger partial charge < -0.3 is 14.5 Å². The van der Waals surface area contributed by atoms with Crippen LogP contribution in [-0.4, -0.2) is 47.4 Å². The summed E-state index contributed by atoms with van der Waals surface area (Å²) < 4.78 is 5.35. The van der Waals surface area contributed by atoms with Crippen molar-refractivity contribution in [1.82, 2.24) is 9.80 Å². The van der Waals surface area contributed by atoms with E-state index in [2.05, 4.69) is 18.4 Å². The second kappa shape index (κ2) is 12.2. The van der Waals surface area contributed by atoms with Gasteiger partial charge in [-0.05, 0) is 92.4 Å². The van der Waals surface area contributed by atoms with Crippen molar-refractivity contribution in [3.8, 4) is 5.75 Å². The predicted molar refractivity (Wildman–Crippen MR) is 155 cm³/mol. The zero-order chi connectivity index (χ0) is 27.3. The monoisotopic (exact) mass is 532 g/mol. The summed E-state index contributed by atoms with van der Waals surface area (Å²) in [6.07, 6.45) is 5.41. The molecule has 38 heavy (non-hydrogen) atoms. The Labute approximate surface area is 231 Å². The summed E-state index contributed by atoms with van der Waals surface area (Å²) in [5, 5.41) is 2.10. The lowest BCUT2D eigenvalue weighted by atomic mass is 9.93. The highest BCUT2D eigenvalue weighted by atomic mass is 32.1. The molecule has 1 unspecified atom stereocenters. The Morgan fingerprint density at radius 3 is 2.37 bits per heavy atom. The van der Waals surface area contributed by atoms with Gasteiger partial charge in [-0.1, -0.05) is 44.0 Å². The fraction of sp³-hybridized carbons (Fsp3) is 0.438. The number of hydrogen-bond donors (Lipinski definition) is 0. The molecule has 0 saturated heterocycles. The minimum absolute atomic E-state index is 0.0344. The largest absolute Gasteiger partial charge is 0.497 e. The fourth-order valence-electron chi connectivity index (χ4n) is 5.12. The van der Waals surface area contributed by atoms with Gasteiger partial charge in [0.2, 0.25) is 5.91 Å². The summed E-state index contributed by atoms with van der Waals surface area (Å²) >= 11 is 1.75. The number of fused-ring (bicyclic) bond motifs is 1. The standard InChI is InChI=1S/C32H40N2O3S/c1-6-7-8-9-23-10-12-25(13-11-23)31(36)34(32(2,3)4)22-29(35)33-20-18-28-27(19-21-38-28)30(33)24-14-16-26(37-5)17-15-24/h10-17,19,21,30H,6-9,18,20,22H2,1-5H3. The van der Waals surface area contributed by atoms with Crippen LogP contribution in [0.2, 0.25) is 0 Å². The normalized spacial score (nSPS) is 15.2. The molecule has 3 aromatic rings. The molecule has 6 heteroatoms. The molecule has 1 atom stereocenters. The van der Waals surface area contributed by atoms with Gasteiger partial charge in [-0.15, -0.1) is 11.3 Å². The van der Waals surface area contributed by atoms with Crippen LogP contribution in [0.3, 0.4) is 0 Å². The Morgan fingerprint density at radius 2 is 1.74 bits per heavy atom. The highest BCUT2D eigenvalue weighted by Gasteiger charge is 2.36. The molecule has 1 aliphatic heterocycles. The van der Waals surface area contributed by atoms with Gasteiger partial charge in [-0.2, -0.15) is 0 Å². The van der Waals surface area contributed by atoms with Gasteiger partial charge in [0, 0.05) is 22.5 Å². The van der Waals surface area contributed by atoms with Gasteiger partial charge in [0.15, 0.2) is 0 Å². The van der Waals surface area contributed by atoms with Crippen LogP contribution in [0, 0.1) is 0 Å². The van der Waals surface area contributed by atoms with E-state index in [4.69, 9.17) is 4.74 Å². The molecule has 0 aliphatic carbocycles. The van der Waals surface area contributed by atoms with E-state index in [-0.39, 0.29) is 24.4 Å². The zero-order valence-corrected chi connectivity index (χ0v) is 24.1. The van der Waals surface area contributed by atoms with E-state index in [1.54, 1.807) is 23.3 Å². The van der Waals surface area contributed by atoms with Crippen LogP contribution in [0.5, 0.6) is 5.75 Å². The molecule has 4 rings (SSSR count). The average Bonchev–Trinajstić information content (AvgIpc) is 3.40. The maximum Gasteiger partial charge on any atom is 0.254 e. The van der Waals surface area contributed by atoms with Gasteiger partial charge in [0.05, 0.1) is 13.2 Å². The van der Waals surface area contributed by atoms with Gasteiger partial charge in [0.1, 0.15) is 12.3 Å². The topological polar surface area (TPSA) is 49.9 Å². The van der Waals surface area contributed by atoms with Crippen molar-refractivity contribution in [2.75, 3.05) is 20.2 Å². The SMILES string of the molecule is CCCCCc1ccc(C(=O)N(CC(=O)N2CCc3sccc3C2c2ccc(OC)cc2)C(C)(C)C)cc1. The molecule has 5 nitrogen and oxygen atoms in total. The molecular weight excluding hydrogens is 492 g/mol. The zero-order valence-electron chi connectivity index (χ0n) is 23.3. The van der Waals surface area contributed by atoms with E-state index in [0.29, 0.717) is 12.1 Å². The molecule has 0 N–H and O–H groups in total. The van der Waals surface area contributed by atoms with Crippen LogP contribution in [0.1, 0.15) is 84.9 Å². The van der Waals surface area contributed by atoms with Crippen molar-refractivity contribution in [1.29, 1.82) is 0 Å². The van der Waals surface area contributed by atoms with Gasteiger partial charge in [-0.25, -0.2) is 0 Å². The number of nitrogens with zero attached hydrogens (tertiary/aromatic N) is 2. The number of unbranched alkanes of at least 4 members (excludes halogenated alkanes) is 2. The molecule has 1 aromatic heterocycles. The summed E-state index contributed by atoms with van der Waals surface area (Å²) in [7, 11) is 1.65. The Hall–Kier alpha value is -3.12. The van der Waals surface area contributed by atoms with Crippen LogP contribution >= 0.6 is 11.3 Å². The van der Waals surface area contributed by atoms with Gasteiger partial charge >= 0.3 is 0 Å². The molecule has 2 amide bonds. The van der Waals surface area contributed by atoms with E-state index in [1.807, 2.05) is 74.2 Å². The smallest absolute Gasteiger partial charge is 0.254 e. The van der Waals surface area contributed by atoms with Crippen molar-refractivity contribution in [3.05, 3.63) is 87.1 Å². The first-order chi connectivity index (χ1) is 18.2. The number of methoxy groups -OCH3 is 1. The molecule has 2 heterocycles. The number of amides is 2. The molecular formula is C32H40N2O3S. The van der Waals surface area contributed by atoms with Crippen molar-refractivity contribution in [2.24, 2.45) is 0 Å². The number of carbonyl (C=O) groups excluding carboxylic acids is 2. The summed E-state index contributed by atoms with van der Waals surface area (Å²) in [5.74, 6) is 0.635. The molecule has 1 aliphatic rings. The molecule has 2 aromatic carbocycles. The number of carbonyl (C=O) groups is 2. The van der Waals surface area contributed by atoms with Gasteiger partial charge in [-0.3, -0.25) is 9.59 Å². The molecule has 0 spiro atoms. The maximum absolute atomic E-state index is 13.9. The number of aryl methyl sites for hydroxylation is 1. The Morgan fingerprint density at radius 1 is 1.03 bits per heavy atom. The minimum Gasteiger partial charge on any atom is -0.497 e. The summed E-state index contributed by atoms with van der Waals surface area (Å²) in [6.45, 7) is 8.84. The molecule has 0 bridgehead atoms. The second-order valence-corrected chi connectivity index (χ2v) is 12.0. The van der Waals surface area contributed by atoms with Crippen LogP contribution in [0.15, 0.2) is 60.0 Å². The Kier molecular flexibility index (Phi) is 8.93. The lowest BCUT2D eigenvalue weighted by Gasteiger charge is -2.40. The summed E-state index contributed by atoms with van der Waals surface area (Å²) in [6, 6.07) is 17.8. The fourth-order valence-corrected chi connectivity index (χ4v) is 6.02. The highest BCUT2D eigenvalue weighted by Crippen LogP contribution is 2.38. The first-order valence-corrected chi connectivity index (χ1v) is 14.5. The number of hydrogen-bond acceptors (Lipinski definition) is 4. The highest BCUT2D eigenvalue weighted by molar-refractivity contribution is 7.10. The minimum atomic E-state index is -0.508. The molecule has 0 fully saturated rings. The lowest BCUT2D eigenvalue weighted by molar-refractivity contribution is -0.135. The van der Waals surface area contributed by atoms with Crippen LogP contribution in [0.25, 0.3) is 0 Å². The Balaban J connectivity index is 1.57. The van der Waals surface area contributed by atoms with Crippen molar-refractivity contribution in [2.45, 2.75) is 71.4 Å². The van der Waals surface area contributed by atoms with Gasteiger partial charge in [0.25, 0.3) is 5.91 Å². The number of benzene rings is 2. The van der Waals surface area contributed by atoms with Crippen molar-refractivity contribution in [3.63, 3.8) is 0 Å². The summed E-state index contributed by atoms with van der Waals surface area (Å²) in [5.41, 5.74) is 3.58. The summed E-state index contributed by atoms with van der Waals surface area (Å²) in [4.78, 5) is 32.6. The first-order valence-electron chi connectivity index (χ1n) is 13.6. The Bertz CT molecular complexity index is 1220. The van der Waals surface area contributed by atoms with E-state index in [1.165, 1.54) is 28.8 Å². The van der Waals surface area contributed by atoms with E-state index in [0.717, 1.165) is 30.6 Å². The van der Waals surface area contributed by atoms with E-state index in [9.17, 15) is 9.59 Å². The molecule has 0 radical (unpaired) electrons. The van der Waals surface area contributed by atoms with Crippen LogP contribution < -0.4 is 4.74 Å². The molecule has 202 valence electrons. The number of ether oxygens (including phenoxy) is 1. The molecule has 0 saturated carbocycles. The quantitative estimate of drug-likeness (QED) is 0.282. The van der Waals surface area contributed by atoms with E-state index < -0.39 is 5.54 Å². The number of rotatable bonds is 9. The third-order valence-corrected chi connectivity index (χ3v) is 8.33. The van der Waals surface area contributed by atoms with Crippen molar-refractivity contribution >= 4 is 23.2 Å². The van der Waals surface area contributed by atoms with Crippen LogP contribution in [-0.2, 0) is 17.6 Å². The second-order valence-electron chi connectivity index (χ2n) is 11.0. The maximum atomic E-state index is 13.9. The van der Waals surface area contributed by atoms with E-state index >= 15 is 0 Å². The third-order valence-electron chi connectivity index (χ3n) is 7.34. The number of thiophene rings is 1. The first kappa shape index (κ1) is 27.9. The predicted octanol–water partition coefficient (Wildman–Crippen LogP) is 6.90. The third kappa shape index (κ3) is 6.29.